The summed E-state index contributed by atoms with van der Waals surface area (Å²) in [7, 11) is 3.53. The van der Waals surface area contributed by atoms with Crippen LogP contribution in [0.25, 0.3) is 0 Å². The van der Waals surface area contributed by atoms with Crippen molar-refractivity contribution < 1.29 is 9.13 Å². The Balaban J connectivity index is 2.20. The minimum Gasteiger partial charge on any atom is -0.497 e. The monoisotopic (exact) mass is 260 g/mol. The molecule has 0 bridgehead atoms. The minimum atomic E-state index is -0.226. The van der Waals surface area contributed by atoms with Crippen LogP contribution in [0.1, 0.15) is 5.56 Å². The zero-order chi connectivity index (χ0) is 13.8. The van der Waals surface area contributed by atoms with Crippen molar-refractivity contribution in [2.24, 2.45) is 0 Å². The van der Waals surface area contributed by atoms with E-state index in [1.165, 1.54) is 12.1 Å². The van der Waals surface area contributed by atoms with Crippen molar-refractivity contribution in [2.45, 2.75) is 6.54 Å². The molecule has 0 fully saturated rings. The number of ether oxygens (including phenoxy) is 1. The summed E-state index contributed by atoms with van der Waals surface area (Å²) >= 11 is 0. The lowest BCUT2D eigenvalue weighted by Gasteiger charge is -2.20. The van der Waals surface area contributed by atoms with Gasteiger partial charge in [-0.3, -0.25) is 0 Å². The number of benzene rings is 2. The fourth-order valence-electron chi connectivity index (χ4n) is 1.94. The maximum absolute atomic E-state index is 13.1. The third kappa shape index (κ3) is 3.37. The third-order valence-corrected chi connectivity index (χ3v) is 2.90. The molecule has 2 aromatic rings. The summed E-state index contributed by atoms with van der Waals surface area (Å²) in [6.07, 6.45) is 0. The number of rotatable bonds is 4. The normalized spacial score (nSPS) is 10.3. The van der Waals surface area contributed by atoms with Gasteiger partial charge in [-0.25, -0.2) is 4.39 Å². The number of methoxy groups -OCH3 is 1. The Morgan fingerprint density at radius 1 is 1.21 bits per heavy atom. The lowest BCUT2D eigenvalue weighted by atomic mass is 10.2. The smallest absolute Gasteiger partial charge is 0.123 e. The second-order valence-electron chi connectivity index (χ2n) is 4.45. The van der Waals surface area contributed by atoms with E-state index in [9.17, 15) is 4.39 Å². The van der Waals surface area contributed by atoms with Gasteiger partial charge in [-0.15, -0.1) is 0 Å². The Hall–Kier alpha value is -2.23. The van der Waals surface area contributed by atoms with E-state index in [1.54, 1.807) is 19.2 Å². The van der Waals surface area contributed by atoms with Crippen molar-refractivity contribution in [3.63, 3.8) is 0 Å². The molecule has 2 aromatic carbocycles. The fourth-order valence-corrected chi connectivity index (χ4v) is 1.94. The minimum absolute atomic E-state index is 0.226. The number of anilines is 2. The molecule has 0 atom stereocenters. The van der Waals surface area contributed by atoms with Crippen LogP contribution in [0.5, 0.6) is 5.75 Å². The van der Waals surface area contributed by atoms with Crippen LogP contribution < -0.4 is 15.4 Å². The van der Waals surface area contributed by atoms with Gasteiger partial charge in [0.1, 0.15) is 11.6 Å². The Morgan fingerprint density at radius 3 is 2.68 bits per heavy atom. The molecular weight excluding hydrogens is 243 g/mol. The highest BCUT2D eigenvalue weighted by molar-refractivity contribution is 5.60. The molecule has 0 aliphatic heterocycles. The molecule has 0 heterocycles. The molecule has 0 saturated carbocycles. The Kier molecular flexibility index (Phi) is 3.90. The highest BCUT2D eigenvalue weighted by Gasteiger charge is 2.06. The van der Waals surface area contributed by atoms with Crippen molar-refractivity contribution in [2.75, 3.05) is 24.8 Å². The van der Waals surface area contributed by atoms with Crippen molar-refractivity contribution in [3.05, 3.63) is 53.8 Å². The fraction of sp³-hybridized carbons (Fsp3) is 0.200. The number of nitrogens with two attached hydrogens (primary N) is 1. The topological polar surface area (TPSA) is 38.5 Å². The SMILES string of the molecule is COc1cc(N)cc(N(C)Cc2cccc(F)c2)c1. The van der Waals surface area contributed by atoms with Crippen LogP contribution in [0.15, 0.2) is 42.5 Å². The van der Waals surface area contributed by atoms with E-state index in [2.05, 4.69) is 0 Å². The zero-order valence-electron chi connectivity index (χ0n) is 11.1. The maximum Gasteiger partial charge on any atom is 0.123 e. The quantitative estimate of drug-likeness (QED) is 0.859. The average Bonchev–Trinajstić information content (AvgIpc) is 2.38. The summed E-state index contributed by atoms with van der Waals surface area (Å²) in [6.45, 7) is 0.602. The first kappa shape index (κ1) is 13.2. The molecule has 2 N–H and O–H groups in total. The van der Waals surface area contributed by atoms with Crippen LogP contribution in [0.2, 0.25) is 0 Å². The molecular formula is C15H17FN2O. The molecule has 0 amide bonds. The van der Waals surface area contributed by atoms with Gasteiger partial charge in [0.2, 0.25) is 0 Å². The number of nitrogens with zero attached hydrogens (tertiary/aromatic N) is 1. The van der Waals surface area contributed by atoms with Gasteiger partial charge in [-0.1, -0.05) is 12.1 Å². The predicted octanol–water partition coefficient (Wildman–Crippen LogP) is 3.05. The van der Waals surface area contributed by atoms with Crippen LogP contribution in [0.4, 0.5) is 15.8 Å². The van der Waals surface area contributed by atoms with Gasteiger partial charge in [0, 0.05) is 37.1 Å². The van der Waals surface area contributed by atoms with Crippen LogP contribution in [-0.2, 0) is 6.54 Å². The van der Waals surface area contributed by atoms with Crippen LogP contribution in [-0.4, -0.2) is 14.2 Å². The van der Waals surface area contributed by atoms with Gasteiger partial charge in [0.25, 0.3) is 0 Å². The highest BCUT2D eigenvalue weighted by Crippen LogP contribution is 2.25. The van der Waals surface area contributed by atoms with Gasteiger partial charge >= 0.3 is 0 Å². The van der Waals surface area contributed by atoms with E-state index in [0.29, 0.717) is 18.0 Å². The van der Waals surface area contributed by atoms with Crippen LogP contribution in [0.3, 0.4) is 0 Å². The van der Waals surface area contributed by atoms with Gasteiger partial charge in [0.15, 0.2) is 0 Å². The molecule has 100 valence electrons. The Labute approximate surface area is 112 Å². The summed E-state index contributed by atoms with van der Waals surface area (Å²) in [5.74, 6) is 0.483. The lowest BCUT2D eigenvalue weighted by molar-refractivity contribution is 0.415. The molecule has 3 nitrogen and oxygen atoms in total. The molecule has 0 aliphatic carbocycles. The molecule has 0 saturated heterocycles. The third-order valence-electron chi connectivity index (χ3n) is 2.90. The van der Waals surface area contributed by atoms with E-state index >= 15 is 0 Å². The van der Waals surface area contributed by atoms with E-state index in [4.69, 9.17) is 10.5 Å². The van der Waals surface area contributed by atoms with Crippen molar-refractivity contribution in [3.8, 4) is 5.75 Å². The Bertz CT molecular complexity index is 572. The summed E-state index contributed by atoms with van der Waals surface area (Å²) in [5.41, 5.74) is 8.30. The van der Waals surface area contributed by atoms with E-state index < -0.39 is 0 Å². The van der Waals surface area contributed by atoms with Crippen molar-refractivity contribution in [1.82, 2.24) is 0 Å². The van der Waals surface area contributed by atoms with Crippen molar-refractivity contribution in [1.29, 1.82) is 0 Å². The number of hydrogen-bond donors (Lipinski definition) is 1. The number of halogens is 1. The standard InChI is InChI=1S/C15H17FN2O/c1-18(10-11-4-3-5-12(16)6-11)14-7-13(17)8-15(9-14)19-2/h3-9H,10,17H2,1-2H3. The van der Waals surface area contributed by atoms with Crippen molar-refractivity contribution >= 4 is 11.4 Å². The molecule has 4 heteroatoms. The zero-order valence-corrected chi connectivity index (χ0v) is 11.1. The highest BCUT2D eigenvalue weighted by atomic mass is 19.1. The first-order valence-electron chi connectivity index (χ1n) is 5.98. The molecule has 2 rings (SSSR count). The largest absolute Gasteiger partial charge is 0.497 e. The van der Waals surface area contributed by atoms with Gasteiger partial charge in [0.05, 0.1) is 7.11 Å². The summed E-state index contributed by atoms with van der Waals surface area (Å²) < 4.78 is 18.3. The van der Waals surface area contributed by atoms with Crippen LogP contribution in [0, 0.1) is 5.82 Å². The second kappa shape index (κ2) is 5.61. The number of hydrogen-bond acceptors (Lipinski definition) is 3. The van der Waals surface area contributed by atoms with Crippen LogP contribution >= 0.6 is 0 Å². The first-order valence-corrected chi connectivity index (χ1v) is 5.98. The van der Waals surface area contributed by atoms with E-state index in [-0.39, 0.29) is 5.82 Å². The predicted molar refractivity (Wildman–Crippen MR) is 75.9 cm³/mol. The number of nitrogen functional groups attached to an aromatic ring is 1. The molecule has 0 unspecified atom stereocenters. The molecule has 0 spiro atoms. The molecule has 19 heavy (non-hydrogen) atoms. The van der Waals surface area contributed by atoms with Gasteiger partial charge < -0.3 is 15.4 Å². The molecule has 0 radical (unpaired) electrons. The molecule has 0 aliphatic rings. The Morgan fingerprint density at radius 2 is 2.00 bits per heavy atom. The molecule has 0 aromatic heterocycles. The lowest BCUT2D eigenvalue weighted by Crippen LogP contribution is -2.16. The van der Waals surface area contributed by atoms with E-state index in [1.807, 2.05) is 30.1 Å². The average molecular weight is 260 g/mol. The van der Waals surface area contributed by atoms with Gasteiger partial charge in [-0.2, -0.15) is 0 Å². The van der Waals surface area contributed by atoms with E-state index in [0.717, 1.165) is 11.3 Å². The van der Waals surface area contributed by atoms with Gasteiger partial charge in [-0.05, 0) is 23.8 Å². The summed E-state index contributed by atoms with van der Waals surface area (Å²) in [4.78, 5) is 1.99. The summed E-state index contributed by atoms with van der Waals surface area (Å²) in [6, 6.07) is 12.1. The second-order valence-corrected chi connectivity index (χ2v) is 4.45. The summed E-state index contributed by atoms with van der Waals surface area (Å²) in [5, 5.41) is 0. The maximum atomic E-state index is 13.1. The first-order chi connectivity index (χ1) is 9.08.